The van der Waals surface area contributed by atoms with Crippen LogP contribution in [0.4, 0.5) is 0 Å². The van der Waals surface area contributed by atoms with Crippen molar-refractivity contribution in [1.29, 1.82) is 0 Å². The SMILES string of the molecule is CCN(CCN1CCOCC1)CC(O)COc1ccc(Cl)cc1Cl. The zero-order chi connectivity index (χ0) is 17.4. The van der Waals surface area contributed by atoms with E-state index in [-0.39, 0.29) is 6.61 Å². The average molecular weight is 377 g/mol. The van der Waals surface area contributed by atoms with Gasteiger partial charge in [0.1, 0.15) is 18.5 Å². The first-order valence-corrected chi connectivity index (χ1v) is 9.12. The Labute approximate surface area is 154 Å². The summed E-state index contributed by atoms with van der Waals surface area (Å²) in [6.45, 7) is 9.28. The average Bonchev–Trinajstić information content (AvgIpc) is 2.58. The Kier molecular flexibility index (Phi) is 8.59. The highest BCUT2D eigenvalue weighted by atomic mass is 35.5. The zero-order valence-corrected chi connectivity index (χ0v) is 15.6. The van der Waals surface area contributed by atoms with Crippen molar-refractivity contribution in [3.8, 4) is 5.75 Å². The predicted octanol–water partition coefficient (Wildman–Crippen LogP) is 2.39. The molecule has 0 amide bonds. The van der Waals surface area contributed by atoms with Crippen molar-refractivity contribution in [3.63, 3.8) is 0 Å². The van der Waals surface area contributed by atoms with Crippen molar-refractivity contribution in [2.45, 2.75) is 13.0 Å². The summed E-state index contributed by atoms with van der Waals surface area (Å²) in [6, 6.07) is 5.06. The van der Waals surface area contributed by atoms with Gasteiger partial charge in [0.25, 0.3) is 0 Å². The molecule has 0 spiro atoms. The molecule has 0 radical (unpaired) electrons. The Morgan fingerprint density at radius 3 is 2.75 bits per heavy atom. The van der Waals surface area contributed by atoms with Crippen molar-refractivity contribution in [2.75, 3.05) is 59.1 Å². The molecule has 1 atom stereocenters. The molecule has 24 heavy (non-hydrogen) atoms. The molecule has 1 heterocycles. The summed E-state index contributed by atoms with van der Waals surface area (Å²) in [5.41, 5.74) is 0. The molecule has 1 unspecified atom stereocenters. The standard InChI is InChI=1S/C17H26Cl2N2O3/c1-2-20(5-6-21-7-9-23-10-8-21)12-15(22)13-24-17-4-3-14(18)11-16(17)19/h3-4,11,15,22H,2,5-10,12-13H2,1H3. The predicted molar refractivity (Wildman–Crippen MR) is 97.3 cm³/mol. The van der Waals surface area contributed by atoms with E-state index in [0.29, 0.717) is 22.3 Å². The number of likely N-dealkylation sites (N-methyl/N-ethyl adjacent to an activating group) is 1. The van der Waals surface area contributed by atoms with Gasteiger partial charge in [-0.05, 0) is 24.7 Å². The van der Waals surface area contributed by atoms with E-state index >= 15 is 0 Å². The molecule has 7 heteroatoms. The van der Waals surface area contributed by atoms with Gasteiger partial charge < -0.3 is 14.6 Å². The van der Waals surface area contributed by atoms with E-state index in [1.165, 1.54) is 0 Å². The fraction of sp³-hybridized carbons (Fsp3) is 0.647. The van der Waals surface area contributed by atoms with E-state index in [1.807, 2.05) is 0 Å². The molecule has 0 aliphatic carbocycles. The molecule has 1 aliphatic heterocycles. The van der Waals surface area contributed by atoms with Crippen LogP contribution in [0.1, 0.15) is 6.92 Å². The molecule has 1 aromatic carbocycles. The summed E-state index contributed by atoms with van der Waals surface area (Å²) < 4.78 is 11.0. The molecule has 1 N–H and O–H groups in total. The normalized spacial score (nSPS) is 17.2. The van der Waals surface area contributed by atoms with E-state index < -0.39 is 6.10 Å². The molecule has 1 aromatic rings. The Morgan fingerprint density at radius 2 is 2.08 bits per heavy atom. The van der Waals surface area contributed by atoms with Gasteiger partial charge >= 0.3 is 0 Å². The van der Waals surface area contributed by atoms with Gasteiger partial charge in [-0.3, -0.25) is 9.80 Å². The number of halogens is 2. The maximum absolute atomic E-state index is 10.2. The van der Waals surface area contributed by atoms with Crippen molar-refractivity contribution in [1.82, 2.24) is 9.80 Å². The number of hydrogen-bond acceptors (Lipinski definition) is 5. The summed E-state index contributed by atoms with van der Waals surface area (Å²) in [4.78, 5) is 4.62. The molecule has 1 aliphatic rings. The first-order chi connectivity index (χ1) is 11.6. The lowest BCUT2D eigenvalue weighted by Crippen LogP contribution is -2.43. The number of benzene rings is 1. The molecule has 2 rings (SSSR count). The highest BCUT2D eigenvalue weighted by molar-refractivity contribution is 6.35. The molecule has 136 valence electrons. The van der Waals surface area contributed by atoms with Gasteiger partial charge in [0.2, 0.25) is 0 Å². The van der Waals surface area contributed by atoms with E-state index in [9.17, 15) is 5.11 Å². The van der Waals surface area contributed by atoms with Crippen molar-refractivity contribution < 1.29 is 14.6 Å². The lowest BCUT2D eigenvalue weighted by atomic mass is 10.3. The third-order valence-corrected chi connectivity index (χ3v) is 4.61. The maximum Gasteiger partial charge on any atom is 0.138 e. The van der Waals surface area contributed by atoms with Crippen LogP contribution in [0.15, 0.2) is 18.2 Å². The van der Waals surface area contributed by atoms with Crippen LogP contribution in [0.2, 0.25) is 10.0 Å². The fourth-order valence-electron chi connectivity index (χ4n) is 2.62. The second kappa shape index (κ2) is 10.4. The first kappa shape index (κ1) is 19.8. The number of nitrogens with zero attached hydrogens (tertiary/aromatic N) is 2. The summed E-state index contributed by atoms with van der Waals surface area (Å²) in [6.07, 6.45) is -0.568. The number of morpholine rings is 1. The van der Waals surface area contributed by atoms with Gasteiger partial charge in [-0.25, -0.2) is 0 Å². The zero-order valence-electron chi connectivity index (χ0n) is 14.1. The Bertz CT molecular complexity index is 499. The number of aliphatic hydroxyl groups excluding tert-OH is 1. The number of ether oxygens (including phenoxy) is 2. The minimum Gasteiger partial charge on any atom is -0.489 e. The third-order valence-electron chi connectivity index (χ3n) is 4.08. The largest absolute Gasteiger partial charge is 0.489 e. The quantitative estimate of drug-likeness (QED) is 0.716. The molecule has 0 bridgehead atoms. The van der Waals surface area contributed by atoms with E-state index in [2.05, 4.69) is 16.7 Å². The lowest BCUT2D eigenvalue weighted by Gasteiger charge is -2.30. The Balaban J connectivity index is 1.71. The van der Waals surface area contributed by atoms with E-state index in [1.54, 1.807) is 18.2 Å². The van der Waals surface area contributed by atoms with Gasteiger partial charge in [-0.2, -0.15) is 0 Å². The Morgan fingerprint density at radius 1 is 1.33 bits per heavy atom. The van der Waals surface area contributed by atoms with Gasteiger partial charge in [-0.1, -0.05) is 30.1 Å². The summed E-state index contributed by atoms with van der Waals surface area (Å²) in [5, 5.41) is 11.2. The summed E-state index contributed by atoms with van der Waals surface area (Å²) in [5.74, 6) is 0.538. The summed E-state index contributed by atoms with van der Waals surface area (Å²) in [7, 11) is 0. The van der Waals surface area contributed by atoms with Crippen LogP contribution in [0.25, 0.3) is 0 Å². The van der Waals surface area contributed by atoms with Crippen LogP contribution in [0, 0.1) is 0 Å². The molecule has 1 fully saturated rings. The molecule has 0 saturated carbocycles. The first-order valence-electron chi connectivity index (χ1n) is 8.37. The highest BCUT2D eigenvalue weighted by Gasteiger charge is 2.15. The maximum atomic E-state index is 10.2. The molecular formula is C17H26Cl2N2O3. The van der Waals surface area contributed by atoms with Gasteiger partial charge in [-0.15, -0.1) is 0 Å². The second-order valence-corrected chi connectivity index (χ2v) is 6.73. The van der Waals surface area contributed by atoms with Crippen LogP contribution in [0.3, 0.4) is 0 Å². The highest BCUT2D eigenvalue weighted by Crippen LogP contribution is 2.27. The Hall–Kier alpha value is -0.560. The van der Waals surface area contributed by atoms with Crippen LogP contribution in [-0.2, 0) is 4.74 Å². The molecular weight excluding hydrogens is 351 g/mol. The minimum absolute atomic E-state index is 0.204. The molecule has 1 saturated heterocycles. The van der Waals surface area contributed by atoms with Gasteiger partial charge in [0.05, 0.1) is 18.2 Å². The fourth-order valence-corrected chi connectivity index (χ4v) is 3.08. The van der Waals surface area contributed by atoms with Gasteiger partial charge in [0.15, 0.2) is 0 Å². The number of rotatable bonds is 9. The van der Waals surface area contributed by atoms with E-state index in [0.717, 1.165) is 45.9 Å². The van der Waals surface area contributed by atoms with E-state index in [4.69, 9.17) is 32.7 Å². The van der Waals surface area contributed by atoms with Crippen LogP contribution in [-0.4, -0.2) is 80.1 Å². The second-order valence-electron chi connectivity index (χ2n) is 5.89. The van der Waals surface area contributed by atoms with Crippen LogP contribution in [0.5, 0.6) is 5.75 Å². The summed E-state index contributed by atoms with van der Waals surface area (Å²) >= 11 is 11.9. The van der Waals surface area contributed by atoms with Crippen LogP contribution < -0.4 is 4.74 Å². The topological polar surface area (TPSA) is 45.2 Å². The third kappa shape index (κ3) is 6.75. The number of hydrogen-bond donors (Lipinski definition) is 1. The lowest BCUT2D eigenvalue weighted by molar-refractivity contribution is 0.0273. The monoisotopic (exact) mass is 376 g/mol. The number of aliphatic hydroxyl groups is 1. The van der Waals surface area contributed by atoms with Crippen molar-refractivity contribution in [2.24, 2.45) is 0 Å². The smallest absolute Gasteiger partial charge is 0.138 e. The van der Waals surface area contributed by atoms with Gasteiger partial charge in [0, 0.05) is 37.7 Å². The molecule has 5 nitrogen and oxygen atoms in total. The molecule has 0 aromatic heterocycles. The minimum atomic E-state index is -0.568. The van der Waals surface area contributed by atoms with Crippen molar-refractivity contribution in [3.05, 3.63) is 28.2 Å². The van der Waals surface area contributed by atoms with Crippen molar-refractivity contribution >= 4 is 23.2 Å². The van der Waals surface area contributed by atoms with Crippen LogP contribution >= 0.6 is 23.2 Å².